The maximum absolute atomic E-state index is 12.6. The molecular formula is C20H23F3N2O2. The number of rotatable bonds is 6. The minimum atomic E-state index is -4.37. The summed E-state index contributed by atoms with van der Waals surface area (Å²) in [7, 11) is 0. The number of carbonyl (C=O) groups is 1. The summed E-state index contributed by atoms with van der Waals surface area (Å²) in [5.74, 6) is 0.283. The molecule has 0 aliphatic carbocycles. The number of halogens is 3. The summed E-state index contributed by atoms with van der Waals surface area (Å²) in [6.45, 7) is 2.84. The number of carbonyl (C=O) groups excluding carboxylic acids is 1. The smallest absolute Gasteiger partial charge is 0.416 e. The monoisotopic (exact) mass is 380 g/mol. The molecule has 1 aromatic heterocycles. The van der Waals surface area contributed by atoms with Gasteiger partial charge in [-0.25, -0.2) is 0 Å². The van der Waals surface area contributed by atoms with Gasteiger partial charge in [-0.2, -0.15) is 13.2 Å². The largest absolute Gasteiger partial charge is 0.472 e. The summed E-state index contributed by atoms with van der Waals surface area (Å²) in [5.41, 5.74) is 0.814. The number of anilines is 1. The van der Waals surface area contributed by atoms with Gasteiger partial charge in [-0.1, -0.05) is 0 Å². The SMILES string of the molecule is O=C(CC[C@H]1CCCN(Cc2ccoc2)C1)Nc1ccc(C(F)(F)F)cc1. The second kappa shape index (κ2) is 8.61. The zero-order chi connectivity index (χ0) is 19.3. The van der Waals surface area contributed by atoms with Crippen LogP contribution in [0.2, 0.25) is 0 Å². The van der Waals surface area contributed by atoms with Crippen LogP contribution in [-0.4, -0.2) is 23.9 Å². The first-order valence-electron chi connectivity index (χ1n) is 9.11. The molecule has 1 amide bonds. The molecule has 1 aliphatic rings. The van der Waals surface area contributed by atoms with Crippen molar-refractivity contribution in [3.05, 3.63) is 54.0 Å². The Morgan fingerprint density at radius 1 is 1.22 bits per heavy atom. The summed E-state index contributed by atoms with van der Waals surface area (Å²) >= 11 is 0. The molecule has 0 saturated carbocycles. The first kappa shape index (κ1) is 19.5. The lowest BCUT2D eigenvalue weighted by atomic mass is 9.93. The molecule has 27 heavy (non-hydrogen) atoms. The molecular weight excluding hydrogens is 357 g/mol. The molecule has 1 N–H and O–H groups in total. The quantitative estimate of drug-likeness (QED) is 0.773. The fourth-order valence-corrected chi connectivity index (χ4v) is 3.47. The lowest BCUT2D eigenvalue weighted by Gasteiger charge is -2.32. The number of furan rings is 1. The van der Waals surface area contributed by atoms with Crippen molar-refractivity contribution in [1.82, 2.24) is 4.90 Å². The number of hydrogen-bond donors (Lipinski definition) is 1. The highest BCUT2D eigenvalue weighted by atomic mass is 19.4. The van der Waals surface area contributed by atoms with Crippen molar-refractivity contribution >= 4 is 11.6 Å². The van der Waals surface area contributed by atoms with E-state index in [0.29, 0.717) is 18.0 Å². The highest BCUT2D eigenvalue weighted by Crippen LogP contribution is 2.30. The van der Waals surface area contributed by atoms with Crippen LogP contribution in [0.15, 0.2) is 47.3 Å². The van der Waals surface area contributed by atoms with Crippen LogP contribution in [0.1, 0.15) is 36.8 Å². The van der Waals surface area contributed by atoms with Crippen molar-refractivity contribution in [2.45, 2.75) is 38.4 Å². The van der Waals surface area contributed by atoms with Crippen LogP contribution < -0.4 is 5.32 Å². The lowest BCUT2D eigenvalue weighted by molar-refractivity contribution is -0.137. The third kappa shape index (κ3) is 5.85. The molecule has 2 aromatic rings. The summed E-state index contributed by atoms with van der Waals surface area (Å²) in [6, 6.07) is 6.48. The van der Waals surface area contributed by atoms with Crippen molar-refractivity contribution in [3.63, 3.8) is 0 Å². The van der Waals surface area contributed by atoms with Gasteiger partial charge in [0, 0.05) is 30.8 Å². The molecule has 0 spiro atoms. The van der Waals surface area contributed by atoms with Gasteiger partial charge in [0.15, 0.2) is 0 Å². The number of amides is 1. The lowest BCUT2D eigenvalue weighted by Crippen LogP contribution is -2.35. The number of nitrogens with one attached hydrogen (secondary N) is 1. The molecule has 3 rings (SSSR count). The zero-order valence-electron chi connectivity index (χ0n) is 15.0. The Labute approximate surface area is 156 Å². The Bertz CT molecular complexity index is 727. The number of hydrogen-bond acceptors (Lipinski definition) is 3. The van der Waals surface area contributed by atoms with Crippen molar-refractivity contribution in [2.24, 2.45) is 5.92 Å². The van der Waals surface area contributed by atoms with Gasteiger partial charge >= 0.3 is 6.18 Å². The Balaban J connectivity index is 1.43. The number of likely N-dealkylation sites (tertiary alicyclic amines) is 1. The van der Waals surface area contributed by atoms with E-state index in [4.69, 9.17) is 4.42 Å². The van der Waals surface area contributed by atoms with Crippen LogP contribution in [0.5, 0.6) is 0 Å². The van der Waals surface area contributed by atoms with Gasteiger partial charge in [-0.3, -0.25) is 9.69 Å². The van der Waals surface area contributed by atoms with E-state index >= 15 is 0 Å². The third-order valence-electron chi connectivity index (χ3n) is 4.87. The average molecular weight is 380 g/mol. The van der Waals surface area contributed by atoms with Gasteiger partial charge in [-0.15, -0.1) is 0 Å². The molecule has 1 saturated heterocycles. The summed E-state index contributed by atoms with van der Waals surface area (Å²) in [5, 5.41) is 2.68. The molecule has 0 unspecified atom stereocenters. The highest BCUT2D eigenvalue weighted by molar-refractivity contribution is 5.90. The van der Waals surface area contributed by atoms with Gasteiger partial charge in [0.05, 0.1) is 18.1 Å². The molecule has 1 fully saturated rings. The molecule has 1 aliphatic heterocycles. The Hall–Kier alpha value is -2.28. The second-order valence-corrected chi connectivity index (χ2v) is 7.04. The molecule has 2 heterocycles. The van der Waals surface area contributed by atoms with E-state index in [2.05, 4.69) is 10.2 Å². The van der Waals surface area contributed by atoms with Crippen LogP contribution in [0.4, 0.5) is 18.9 Å². The Morgan fingerprint density at radius 2 is 2.00 bits per heavy atom. The Morgan fingerprint density at radius 3 is 2.67 bits per heavy atom. The average Bonchev–Trinajstić information content (AvgIpc) is 3.13. The number of alkyl halides is 3. The minimum absolute atomic E-state index is 0.165. The van der Waals surface area contributed by atoms with Gasteiger partial charge < -0.3 is 9.73 Å². The Kier molecular flexibility index (Phi) is 6.21. The predicted molar refractivity (Wildman–Crippen MR) is 96.0 cm³/mol. The molecule has 4 nitrogen and oxygen atoms in total. The van der Waals surface area contributed by atoms with E-state index in [1.165, 1.54) is 12.1 Å². The normalized spacial score (nSPS) is 18.4. The van der Waals surface area contributed by atoms with Crippen LogP contribution >= 0.6 is 0 Å². The maximum Gasteiger partial charge on any atom is 0.416 e. The van der Waals surface area contributed by atoms with Crippen molar-refractivity contribution in [3.8, 4) is 0 Å². The highest BCUT2D eigenvalue weighted by Gasteiger charge is 2.30. The fraction of sp³-hybridized carbons (Fsp3) is 0.450. The van der Waals surface area contributed by atoms with E-state index in [-0.39, 0.29) is 5.91 Å². The van der Waals surface area contributed by atoms with Crippen LogP contribution in [0.3, 0.4) is 0 Å². The predicted octanol–water partition coefficient (Wildman–Crippen LogP) is 4.93. The van der Waals surface area contributed by atoms with Crippen molar-refractivity contribution in [2.75, 3.05) is 18.4 Å². The summed E-state index contributed by atoms with van der Waals surface area (Å²) < 4.78 is 42.8. The first-order valence-corrected chi connectivity index (χ1v) is 9.11. The zero-order valence-corrected chi connectivity index (χ0v) is 15.0. The van der Waals surface area contributed by atoms with E-state index in [0.717, 1.165) is 56.6 Å². The van der Waals surface area contributed by atoms with E-state index < -0.39 is 11.7 Å². The van der Waals surface area contributed by atoms with Gasteiger partial charge in [0.2, 0.25) is 5.91 Å². The van der Waals surface area contributed by atoms with Crippen LogP contribution in [0.25, 0.3) is 0 Å². The minimum Gasteiger partial charge on any atom is -0.472 e. The van der Waals surface area contributed by atoms with E-state index in [1.807, 2.05) is 6.07 Å². The third-order valence-corrected chi connectivity index (χ3v) is 4.87. The molecule has 7 heteroatoms. The summed E-state index contributed by atoms with van der Waals surface area (Å²) in [6.07, 6.45) is 2.38. The topological polar surface area (TPSA) is 45.5 Å². The molecule has 1 aromatic carbocycles. The van der Waals surface area contributed by atoms with Crippen molar-refractivity contribution < 1.29 is 22.4 Å². The standard InChI is InChI=1S/C20H23F3N2O2/c21-20(22,23)17-4-6-18(7-5-17)24-19(26)8-3-15-2-1-10-25(12-15)13-16-9-11-27-14-16/h4-7,9,11,14-15H,1-3,8,10,12-13H2,(H,24,26)/t15-/m1/s1. The molecule has 0 radical (unpaired) electrons. The first-order chi connectivity index (χ1) is 12.9. The molecule has 146 valence electrons. The van der Waals surface area contributed by atoms with Crippen LogP contribution in [0, 0.1) is 5.92 Å². The molecule has 1 atom stereocenters. The van der Waals surface area contributed by atoms with Gasteiger partial charge in [0.1, 0.15) is 0 Å². The number of piperidine rings is 1. The summed E-state index contributed by atoms with van der Waals surface area (Å²) in [4.78, 5) is 14.5. The van der Waals surface area contributed by atoms with Crippen LogP contribution in [-0.2, 0) is 17.5 Å². The van der Waals surface area contributed by atoms with Gasteiger partial charge in [0.25, 0.3) is 0 Å². The molecule has 0 bridgehead atoms. The number of benzene rings is 1. The maximum atomic E-state index is 12.6. The van der Waals surface area contributed by atoms with Gasteiger partial charge in [-0.05, 0) is 62.1 Å². The van der Waals surface area contributed by atoms with Crippen molar-refractivity contribution in [1.29, 1.82) is 0 Å². The fourth-order valence-electron chi connectivity index (χ4n) is 3.47. The van der Waals surface area contributed by atoms with E-state index in [1.54, 1.807) is 12.5 Å². The number of nitrogens with zero attached hydrogens (tertiary/aromatic N) is 1. The van der Waals surface area contributed by atoms with E-state index in [9.17, 15) is 18.0 Å². The second-order valence-electron chi connectivity index (χ2n) is 7.04.